The smallest absolute Gasteiger partial charge is 0.231 e. The highest BCUT2D eigenvalue weighted by Gasteiger charge is 2.28. The molecule has 0 unspecified atom stereocenters. The van der Waals surface area contributed by atoms with Gasteiger partial charge in [-0.3, -0.25) is 9.59 Å². The van der Waals surface area contributed by atoms with Crippen LogP contribution in [0.5, 0.6) is 28.7 Å². The summed E-state index contributed by atoms with van der Waals surface area (Å²) in [5, 5.41) is 0. The van der Waals surface area contributed by atoms with Gasteiger partial charge in [0.1, 0.15) is 17.2 Å². The highest BCUT2D eigenvalue weighted by Crippen LogP contribution is 2.39. The van der Waals surface area contributed by atoms with Gasteiger partial charge < -0.3 is 23.7 Å². The number of ether oxygens (including phenoxy) is 5. The molecule has 7 heteroatoms. The van der Waals surface area contributed by atoms with Gasteiger partial charge >= 0.3 is 0 Å². The number of rotatable bonds is 8. The summed E-state index contributed by atoms with van der Waals surface area (Å²) in [7, 11) is 4.58. The molecule has 3 aromatic carbocycles. The van der Waals surface area contributed by atoms with Crippen LogP contribution in [-0.2, 0) is 0 Å². The van der Waals surface area contributed by atoms with Crippen molar-refractivity contribution >= 4 is 17.6 Å². The van der Waals surface area contributed by atoms with Crippen molar-refractivity contribution in [3.8, 4) is 28.7 Å². The number of carbonyl (C=O) groups is 2. The number of benzene rings is 3. The fraction of sp³-hybridized carbons (Fsp3) is 0.154. The van der Waals surface area contributed by atoms with E-state index in [0.717, 1.165) is 0 Å². The topological polar surface area (TPSA) is 80.3 Å². The molecule has 1 heterocycles. The Labute approximate surface area is 191 Å². The van der Waals surface area contributed by atoms with E-state index in [2.05, 4.69) is 0 Å². The fourth-order valence-corrected chi connectivity index (χ4v) is 3.42. The Bertz CT molecular complexity index is 1230. The minimum absolute atomic E-state index is 0.123. The zero-order valence-corrected chi connectivity index (χ0v) is 18.4. The van der Waals surface area contributed by atoms with Crippen LogP contribution in [0.4, 0.5) is 0 Å². The van der Waals surface area contributed by atoms with E-state index in [1.54, 1.807) is 60.7 Å². The summed E-state index contributed by atoms with van der Waals surface area (Å²) in [4.78, 5) is 25.1. The van der Waals surface area contributed by atoms with Crippen LogP contribution in [0.15, 0.2) is 66.4 Å². The van der Waals surface area contributed by atoms with E-state index >= 15 is 0 Å². The van der Waals surface area contributed by atoms with Gasteiger partial charge in [-0.05, 0) is 24.3 Å². The van der Waals surface area contributed by atoms with Crippen LogP contribution in [0.3, 0.4) is 0 Å². The first-order valence-corrected chi connectivity index (χ1v) is 10.1. The quantitative estimate of drug-likeness (QED) is 0.370. The summed E-state index contributed by atoms with van der Waals surface area (Å²) in [5.74, 6) is 2.00. The van der Waals surface area contributed by atoms with Gasteiger partial charge in [0.05, 0.1) is 26.9 Å². The van der Waals surface area contributed by atoms with Crippen molar-refractivity contribution in [2.75, 3.05) is 27.9 Å². The third-order valence-corrected chi connectivity index (χ3v) is 5.13. The second-order valence-electron chi connectivity index (χ2n) is 7.12. The van der Waals surface area contributed by atoms with Gasteiger partial charge in [0.2, 0.25) is 5.78 Å². The molecule has 4 rings (SSSR count). The van der Waals surface area contributed by atoms with Crippen molar-refractivity contribution in [3.05, 3.63) is 83.1 Å². The number of allylic oxidation sites excluding steroid dienone is 1. The van der Waals surface area contributed by atoms with E-state index in [1.165, 1.54) is 21.3 Å². The molecule has 33 heavy (non-hydrogen) atoms. The molecule has 0 atom stereocenters. The van der Waals surface area contributed by atoms with Crippen LogP contribution in [-0.4, -0.2) is 39.5 Å². The maximum atomic E-state index is 12.9. The number of methoxy groups -OCH3 is 3. The van der Waals surface area contributed by atoms with Crippen molar-refractivity contribution in [1.29, 1.82) is 0 Å². The molecular weight excluding hydrogens is 424 g/mol. The van der Waals surface area contributed by atoms with Crippen LogP contribution in [0, 0.1) is 0 Å². The Morgan fingerprint density at radius 2 is 1.58 bits per heavy atom. The second-order valence-corrected chi connectivity index (χ2v) is 7.12. The van der Waals surface area contributed by atoms with Crippen molar-refractivity contribution in [2.45, 2.75) is 0 Å². The molecule has 0 spiro atoms. The van der Waals surface area contributed by atoms with Crippen LogP contribution in [0.25, 0.3) is 6.08 Å². The van der Waals surface area contributed by atoms with E-state index in [-0.39, 0.29) is 23.9 Å². The van der Waals surface area contributed by atoms with E-state index in [0.29, 0.717) is 45.4 Å². The normalized spacial score (nSPS) is 13.3. The Morgan fingerprint density at radius 1 is 0.879 bits per heavy atom. The first-order chi connectivity index (χ1) is 16.0. The number of hydrogen-bond donors (Lipinski definition) is 0. The summed E-state index contributed by atoms with van der Waals surface area (Å²) < 4.78 is 27.5. The minimum atomic E-state index is -0.270. The second kappa shape index (κ2) is 9.48. The van der Waals surface area contributed by atoms with Crippen molar-refractivity contribution in [3.63, 3.8) is 0 Å². The number of ketones is 2. The lowest BCUT2D eigenvalue weighted by Crippen LogP contribution is -2.11. The Kier molecular flexibility index (Phi) is 6.31. The maximum absolute atomic E-state index is 12.9. The highest BCUT2D eigenvalue weighted by atomic mass is 16.5. The molecule has 3 aromatic rings. The minimum Gasteiger partial charge on any atom is -0.496 e. The molecule has 1 aliphatic heterocycles. The molecular formula is C26H22O7. The molecule has 7 nitrogen and oxygen atoms in total. The molecule has 0 saturated carbocycles. The molecule has 0 fully saturated rings. The average molecular weight is 446 g/mol. The fourth-order valence-electron chi connectivity index (χ4n) is 3.42. The molecule has 0 bridgehead atoms. The zero-order valence-electron chi connectivity index (χ0n) is 18.4. The summed E-state index contributed by atoms with van der Waals surface area (Å²) in [6.07, 6.45) is 1.59. The molecule has 0 amide bonds. The van der Waals surface area contributed by atoms with E-state index in [4.69, 9.17) is 23.7 Å². The Morgan fingerprint density at radius 3 is 2.27 bits per heavy atom. The lowest BCUT2D eigenvalue weighted by atomic mass is 10.1. The van der Waals surface area contributed by atoms with Gasteiger partial charge in [0.25, 0.3) is 0 Å². The maximum Gasteiger partial charge on any atom is 0.231 e. The van der Waals surface area contributed by atoms with Gasteiger partial charge in [-0.25, -0.2) is 0 Å². The average Bonchev–Trinajstić information content (AvgIpc) is 3.16. The standard InChI is InChI=1S/C26H22O7/c1-29-21-14-24(31-3)23(30-2)11-17(21)12-25-26(28)19-10-9-18(13-22(19)33-25)32-15-20(27)16-7-5-4-6-8-16/h4-14H,15H2,1-3H3/b25-12-. The SMILES string of the molecule is COc1cc(OC)c(OC)cc1/C=C1\Oc2cc(OCC(=O)c3ccccc3)ccc2C1=O. The lowest BCUT2D eigenvalue weighted by Gasteiger charge is -2.12. The monoisotopic (exact) mass is 446 g/mol. The van der Waals surface area contributed by atoms with Crippen molar-refractivity contribution in [1.82, 2.24) is 0 Å². The summed E-state index contributed by atoms with van der Waals surface area (Å²) in [6, 6.07) is 17.1. The number of hydrogen-bond acceptors (Lipinski definition) is 7. The molecule has 0 aromatic heterocycles. The lowest BCUT2D eigenvalue weighted by molar-refractivity contribution is 0.0921. The van der Waals surface area contributed by atoms with Gasteiger partial charge in [-0.15, -0.1) is 0 Å². The summed E-state index contributed by atoms with van der Waals surface area (Å²) >= 11 is 0. The van der Waals surface area contributed by atoms with Gasteiger partial charge in [0.15, 0.2) is 29.6 Å². The third-order valence-electron chi connectivity index (χ3n) is 5.13. The molecule has 0 radical (unpaired) electrons. The molecule has 0 saturated heterocycles. The first-order valence-electron chi connectivity index (χ1n) is 10.1. The largest absolute Gasteiger partial charge is 0.496 e. The van der Waals surface area contributed by atoms with Gasteiger partial charge in [-0.2, -0.15) is 0 Å². The van der Waals surface area contributed by atoms with Crippen molar-refractivity contribution in [2.24, 2.45) is 0 Å². The number of Topliss-reactive ketones (excluding diaryl/α,β-unsaturated/α-hetero) is 2. The van der Waals surface area contributed by atoms with E-state index in [1.807, 2.05) is 6.07 Å². The summed E-state index contributed by atoms with van der Waals surface area (Å²) in [5.41, 5.74) is 1.57. The zero-order chi connectivity index (χ0) is 23.4. The Hall–Kier alpha value is -4.26. The molecule has 0 N–H and O–H groups in total. The summed E-state index contributed by atoms with van der Waals surface area (Å²) in [6.45, 7) is -0.123. The van der Waals surface area contributed by atoms with E-state index < -0.39 is 0 Å². The first kappa shape index (κ1) is 22.0. The molecule has 1 aliphatic rings. The molecule has 0 aliphatic carbocycles. The predicted octanol–water partition coefficient (Wildman–Crippen LogP) is 4.59. The van der Waals surface area contributed by atoms with Crippen LogP contribution in [0.1, 0.15) is 26.3 Å². The predicted molar refractivity (Wildman–Crippen MR) is 122 cm³/mol. The van der Waals surface area contributed by atoms with Crippen LogP contribution >= 0.6 is 0 Å². The third kappa shape index (κ3) is 4.52. The highest BCUT2D eigenvalue weighted by molar-refractivity contribution is 6.14. The van der Waals surface area contributed by atoms with Crippen LogP contribution < -0.4 is 23.7 Å². The van der Waals surface area contributed by atoms with Crippen LogP contribution in [0.2, 0.25) is 0 Å². The molecule has 168 valence electrons. The van der Waals surface area contributed by atoms with Crippen molar-refractivity contribution < 1.29 is 33.3 Å². The number of carbonyl (C=O) groups excluding carboxylic acids is 2. The Balaban J connectivity index is 1.54. The van der Waals surface area contributed by atoms with Gasteiger partial charge in [-0.1, -0.05) is 30.3 Å². The van der Waals surface area contributed by atoms with E-state index in [9.17, 15) is 9.59 Å². The van der Waals surface area contributed by atoms with Gasteiger partial charge in [0, 0.05) is 23.3 Å². The number of fused-ring (bicyclic) bond motifs is 1.